The molecule has 0 atom stereocenters. The molecule has 1 aromatic carbocycles. The average Bonchev–Trinajstić information content (AvgIpc) is 2.33. The van der Waals surface area contributed by atoms with E-state index in [1.165, 1.54) is 11.8 Å². The van der Waals surface area contributed by atoms with Crippen LogP contribution in [0.1, 0.15) is 12.0 Å². The SMILES string of the molecule is CN(C)CCN(CCCc1ccccc1)S(C)(=O)=O. The second kappa shape index (κ2) is 7.62. The van der Waals surface area contributed by atoms with Gasteiger partial charge in [0.15, 0.2) is 0 Å². The van der Waals surface area contributed by atoms with Gasteiger partial charge >= 0.3 is 0 Å². The topological polar surface area (TPSA) is 40.6 Å². The van der Waals surface area contributed by atoms with Crippen molar-refractivity contribution in [1.82, 2.24) is 9.21 Å². The third-order valence-corrected chi connectivity index (χ3v) is 4.28. The molecule has 108 valence electrons. The zero-order valence-corrected chi connectivity index (χ0v) is 12.9. The normalized spacial score (nSPS) is 12.3. The predicted octanol–water partition coefficient (Wildman–Crippen LogP) is 1.44. The quantitative estimate of drug-likeness (QED) is 0.725. The van der Waals surface area contributed by atoms with Crippen LogP contribution < -0.4 is 0 Å². The summed E-state index contributed by atoms with van der Waals surface area (Å²) in [5.74, 6) is 0. The number of nitrogens with zero attached hydrogens (tertiary/aromatic N) is 2. The van der Waals surface area contributed by atoms with E-state index < -0.39 is 10.0 Å². The fourth-order valence-corrected chi connectivity index (χ4v) is 2.73. The van der Waals surface area contributed by atoms with Gasteiger partial charge in [-0.05, 0) is 32.5 Å². The van der Waals surface area contributed by atoms with Crippen molar-refractivity contribution in [2.45, 2.75) is 12.8 Å². The second-order valence-electron chi connectivity index (χ2n) is 5.05. The molecule has 0 unspecified atom stereocenters. The van der Waals surface area contributed by atoms with Gasteiger partial charge in [-0.2, -0.15) is 0 Å². The molecule has 0 aromatic heterocycles. The first kappa shape index (κ1) is 16.1. The fourth-order valence-electron chi connectivity index (χ4n) is 1.86. The van der Waals surface area contributed by atoms with Crippen molar-refractivity contribution >= 4 is 10.0 Å². The molecule has 1 rings (SSSR count). The van der Waals surface area contributed by atoms with Gasteiger partial charge in [-0.25, -0.2) is 12.7 Å². The lowest BCUT2D eigenvalue weighted by Gasteiger charge is -2.21. The van der Waals surface area contributed by atoms with Crippen molar-refractivity contribution in [2.24, 2.45) is 0 Å². The van der Waals surface area contributed by atoms with Gasteiger partial charge in [-0.3, -0.25) is 0 Å². The number of benzene rings is 1. The average molecular weight is 284 g/mol. The van der Waals surface area contributed by atoms with Crippen LogP contribution in [0.2, 0.25) is 0 Å². The Kier molecular flexibility index (Phi) is 6.48. The number of aryl methyl sites for hydroxylation is 1. The van der Waals surface area contributed by atoms with Gasteiger partial charge in [-0.15, -0.1) is 0 Å². The maximum absolute atomic E-state index is 11.7. The zero-order valence-electron chi connectivity index (χ0n) is 12.0. The molecule has 5 heteroatoms. The summed E-state index contributed by atoms with van der Waals surface area (Å²) in [7, 11) is 0.789. The highest BCUT2D eigenvalue weighted by atomic mass is 32.2. The Morgan fingerprint density at radius 3 is 2.16 bits per heavy atom. The van der Waals surface area contributed by atoms with E-state index in [0.717, 1.165) is 19.4 Å². The zero-order chi connectivity index (χ0) is 14.3. The summed E-state index contributed by atoms with van der Waals surface area (Å²) in [5, 5.41) is 0. The Morgan fingerprint density at radius 1 is 1.00 bits per heavy atom. The van der Waals surface area contributed by atoms with Crippen molar-refractivity contribution in [3.63, 3.8) is 0 Å². The van der Waals surface area contributed by atoms with Crippen LogP contribution in [0.4, 0.5) is 0 Å². The third kappa shape index (κ3) is 6.71. The van der Waals surface area contributed by atoms with Crippen LogP contribution in [0.5, 0.6) is 0 Å². The molecule has 0 aliphatic carbocycles. The Balaban J connectivity index is 2.45. The standard InChI is InChI=1S/C14H24N2O2S/c1-15(2)12-13-16(19(3,17)18)11-7-10-14-8-5-4-6-9-14/h4-6,8-9H,7,10-13H2,1-3H3. The summed E-state index contributed by atoms with van der Waals surface area (Å²) >= 11 is 0. The van der Waals surface area contributed by atoms with E-state index in [0.29, 0.717) is 13.1 Å². The molecule has 0 aliphatic rings. The Morgan fingerprint density at radius 2 is 1.63 bits per heavy atom. The molecule has 0 bridgehead atoms. The molecular formula is C14H24N2O2S. The lowest BCUT2D eigenvalue weighted by molar-refractivity contribution is 0.332. The number of likely N-dealkylation sites (N-methyl/N-ethyl adjacent to an activating group) is 1. The highest BCUT2D eigenvalue weighted by Gasteiger charge is 2.15. The van der Waals surface area contributed by atoms with Crippen LogP contribution >= 0.6 is 0 Å². The van der Waals surface area contributed by atoms with Crippen LogP contribution in [0.15, 0.2) is 30.3 Å². The number of rotatable bonds is 8. The minimum Gasteiger partial charge on any atom is -0.308 e. The molecule has 0 spiro atoms. The largest absolute Gasteiger partial charge is 0.308 e. The highest BCUT2D eigenvalue weighted by molar-refractivity contribution is 7.88. The maximum Gasteiger partial charge on any atom is 0.211 e. The van der Waals surface area contributed by atoms with Gasteiger partial charge in [0.25, 0.3) is 0 Å². The molecule has 0 heterocycles. The predicted molar refractivity (Wildman–Crippen MR) is 79.7 cm³/mol. The monoisotopic (exact) mass is 284 g/mol. The van der Waals surface area contributed by atoms with Gasteiger partial charge in [0.2, 0.25) is 10.0 Å². The lowest BCUT2D eigenvalue weighted by Crippen LogP contribution is -2.36. The van der Waals surface area contributed by atoms with Crippen LogP contribution in [0.25, 0.3) is 0 Å². The first-order valence-corrected chi connectivity index (χ1v) is 8.38. The summed E-state index contributed by atoms with van der Waals surface area (Å²) in [4.78, 5) is 2.00. The van der Waals surface area contributed by atoms with E-state index in [1.807, 2.05) is 37.2 Å². The fraction of sp³-hybridized carbons (Fsp3) is 0.571. The minimum atomic E-state index is -3.11. The van der Waals surface area contributed by atoms with Crippen LogP contribution in [0, 0.1) is 0 Å². The summed E-state index contributed by atoms with van der Waals surface area (Å²) in [5.41, 5.74) is 1.25. The van der Waals surface area contributed by atoms with E-state index in [2.05, 4.69) is 12.1 Å². The Bertz CT molecular complexity index is 458. The van der Waals surface area contributed by atoms with Crippen LogP contribution in [-0.4, -0.2) is 57.6 Å². The van der Waals surface area contributed by atoms with Crippen molar-refractivity contribution < 1.29 is 8.42 Å². The molecule has 0 radical (unpaired) electrons. The van der Waals surface area contributed by atoms with Gasteiger partial charge in [0.05, 0.1) is 6.26 Å². The summed E-state index contributed by atoms with van der Waals surface area (Å²) in [6.45, 7) is 1.89. The molecule has 0 amide bonds. The summed E-state index contributed by atoms with van der Waals surface area (Å²) < 4.78 is 25.0. The Hall–Kier alpha value is -0.910. The van der Waals surface area contributed by atoms with Crippen LogP contribution in [-0.2, 0) is 16.4 Å². The Labute approximate surface area is 117 Å². The molecule has 0 saturated heterocycles. The lowest BCUT2D eigenvalue weighted by atomic mass is 10.1. The van der Waals surface area contributed by atoms with E-state index in [-0.39, 0.29) is 0 Å². The molecular weight excluding hydrogens is 260 g/mol. The van der Waals surface area contributed by atoms with Crippen LogP contribution in [0.3, 0.4) is 0 Å². The van der Waals surface area contributed by atoms with E-state index in [9.17, 15) is 8.42 Å². The molecule has 4 nitrogen and oxygen atoms in total. The molecule has 0 aliphatic heterocycles. The molecule has 19 heavy (non-hydrogen) atoms. The number of hydrogen-bond acceptors (Lipinski definition) is 3. The number of hydrogen-bond donors (Lipinski definition) is 0. The number of sulfonamides is 1. The summed E-state index contributed by atoms with van der Waals surface area (Å²) in [6, 6.07) is 10.2. The second-order valence-corrected chi connectivity index (χ2v) is 7.04. The van der Waals surface area contributed by atoms with Gasteiger partial charge in [0.1, 0.15) is 0 Å². The van der Waals surface area contributed by atoms with Crippen molar-refractivity contribution in [3.8, 4) is 0 Å². The van der Waals surface area contributed by atoms with Crippen molar-refractivity contribution in [1.29, 1.82) is 0 Å². The third-order valence-electron chi connectivity index (χ3n) is 2.98. The summed E-state index contributed by atoms with van der Waals surface area (Å²) in [6.07, 6.45) is 3.05. The first-order chi connectivity index (χ1) is 8.89. The minimum absolute atomic E-state index is 0.556. The molecule has 0 saturated carbocycles. The maximum atomic E-state index is 11.7. The molecule has 0 N–H and O–H groups in total. The van der Waals surface area contributed by atoms with Gasteiger partial charge in [-0.1, -0.05) is 30.3 Å². The van der Waals surface area contributed by atoms with E-state index in [4.69, 9.17) is 0 Å². The van der Waals surface area contributed by atoms with E-state index >= 15 is 0 Å². The van der Waals surface area contributed by atoms with Gasteiger partial charge < -0.3 is 4.90 Å². The van der Waals surface area contributed by atoms with Gasteiger partial charge in [0, 0.05) is 19.6 Å². The smallest absolute Gasteiger partial charge is 0.211 e. The van der Waals surface area contributed by atoms with Crippen molar-refractivity contribution in [3.05, 3.63) is 35.9 Å². The first-order valence-electron chi connectivity index (χ1n) is 6.53. The van der Waals surface area contributed by atoms with Crippen molar-refractivity contribution in [2.75, 3.05) is 40.0 Å². The highest BCUT2D eigenvalue weighted by Crippen LogP contribution is 2.06. The van der Waals surface area contributed by atoms with E-state index in [1.54, 1.807) is 4.31 Å². The molecule has 0 fully saturated rings. The molecule has 1 aromatic rings.